The summed E-state index contributed by atoms with van der Waals surface area (Å²) in [6, 6.07) is 45.7. The molecule has 0 saturated carbocycles. The van der Waals surface area contributed by atoms with E-state index in [0.717, 1.165) is 21.9 Å². The molecular weight excluding hydrogens is 488 g/mol. The van der Waals surface area contributed by atoms with Gasteiger partial charge >= 0.3 is 0 Å². The molecule has 0 unspecified atom stereocenters. The molecule has 3 heterocycles. The summed E-state index contributed by atoms with van der Waals surface area (Å²) in [6.45, 7) is 2.22. The first kappa shape index (κ1) is 21.6. The van der Waals surface area contributed by atoms with Gasteiger partial charge in [-0.15, -0.1) is 0 Å². The Morgan fingerprint density at radius 2 is 1.00 bits per heavy atom. The van der Waals surface area contributed by atoms with Gasteiger partial charge in [0.15, 0.2) is 0 Å². The van der Waals surface area contributed by atoms with Gasteiger partial charge in [-0.2, -0.15) is 0 Å². The van der Waals surface area contributed by atoms with E-state index in [1.807, 2.05) is 12.1 Å². The number of hydrogen-bond acceptors (Lipinski definition) is 1. The van der Waals surface area contributed by atoms with E-state index < -0.39 is 0 Å². The highest BCUT2D eigenvalue weighted by molar-refractivity contribution is 6.17. The van der Waals surface area contributed by atoms with Crippen LogP contribution < -0.4 is 0 Å². The van der Waals surface area contributed by atoms with Gasteiger partial charge in [-0.25, -0.2) is 0 Å². The maximum Gasteiger partial charge on any atom is 0.136 e. The first-order valence-electron chi connectivity index (χ1n) is 13.7. The number of fused-ring (bicyclic) bond motifs is 9. The summed E-state index contributed by atoms with van der Waals surface area (Å²) in [5.41, 5.74) is 10.3. The number of rotatable bonds is 2. The van der Waals surface area contributed by atoms with Crippen molar-refractivity contribution in [2.75, 3.05) is 0 Å². The molecule has 188 valence electrons. The molecule has 6 aromatic carbocycles. The molecule has 0 spiro atoms. The second-order valence-electron chi connectivity index (χ2n) is 10.7. The summed E-state index contributed by atoms with van der Waals surface area (Å²) in [7, 11) is 0. The molecule has 0 N–H and O–H groups in total. The predicted octanol–water partition coefficient (Wildman–Crippen LogP) is 10.1. The third-order valence-electron chi connectivity index (χ3n) is 8.43. The maximum atomic E-state index is 6.26. The Bertz CT molecular complexity index is 2400. The van der Waals surface area contributed by atoms with Crippen LogP contribution in [0.5, 0.6) is 0 Å². The van der Waals surface area contributed by atoms with Crippen molar-refractivity contribution in [1.82, 2.24) is 9.13 Å². The van der Waals surface area contributed by atoms with Gasteiger partial charge in [-0.05, 0) is 67.1 Å². The highest BCUT2D eigenvalue weighted by atomic mass is 16.3. The van der Waals surface area contributed by atoms with E-state index in [1.165, 1.54) is 60.5 Å². The SMILES string of the molecule is Cc1cc(-n2c3ccccc3c3ccccc32)ccc1-n1c2ccccc2c2cc3oc4ccccc4c3cc21. The van der Waals surface area contributed by atoms with Crippen LogP contribution in [0, 0.1) is 6.92 Å². The molecule has 9 aromatic rings. The Hall–Kier alpha value is -5.28. The van der Waals surface area contributed by atoms with E-state index >= 15 is 0 Å². The Labute approximate surface area is 230 Å². The van der Waals surface area contributed by atoms with Crippen LogP contribution in [0.3, 0.4) is 0 Å². The molecular formula is C37H24N2O. The largest absolute Gasteiger partial charge is 0.456 e. The van der Waals surface area contributed by atoms with Gasteiger partial charge in [0.2, 0.25) is 0 Å². The molecule has 0 fully saturated rings. The van der Waals surface area contributed by atoms with Crippen molar-refractivity contribution in [2.24, 2.45) is 0 Å². The second kappa shape index (κ2) is 7.87. The van der Waals surface area contributed by atoms with E-state index in [1.54, 1.807) is 0 Å². The zero-order valence-electron chi connectivity index (χ0n) is 21.9. The molecule has 40 heavy (non-hydrogen) atoms. The summed E-state index contributed by atoms with van der Waals surface area (Å²) in [5.74, 6) is 0. The van der Waals surface area contributed by atoms with Crippen molar-refractivity contribution in [3.05, 3.63) is 133 Å². The van der Waals surface area contributed by atoms with Gasteiger partial charge in [-0.1, -0.05) is 72.8 Å². The number of hydrogen-bond donors (Lipinski definition) is 0. The quantitative estimate of drug-likeness (QED) is 0.226. The van der Waals surface area contributed by atoms with Crippen molar-refractivity contribution < 1.29 is 4.42 Å². The monoisotopic (exact) mass is 512 g/mol. The summed E-state index contributed by atoms with van der Waals surface area (Å²) >= 11 is 0. The van der Waals surface area contributed by atoms with Crippen LogP contribution in [-0.4, -0.2) is 9.13 Å². The normalized spacial score (nSPS) is 12.1. The summed E-state index contributed by atoms with van der Waals surface area (Å²) in [5, 5.41) is 7.28. The minimum Gasteiger partial charge on any atom is -0.456 e. The Morgan fingerprint density at radius 3 is 1.68 bits per heavy atom. The average Bonchev–Trinajstić information content (AvgIpc) is 3.63. The molecule has 0 amide bonds. The lowest BCUT2D eigenvalue weighted by Gasteiger charge is -2.15. The van der Waals surface area contributed by atoms with Crippen molar-refractivity contribution in [2.45, 2.75) is 6.92 Å². The van der Waals surface area contributed by atoms with E-state index in [9.17, 15) is 0 Å². The molecule has 0 aliphatic heterocycles. The average molecular weight is 513 g/mol. The highest BCUT2D eigenvalue weighted by Gasteiger charge is 2.18. The summed E-state index contributed by atoms with van der Waals surface area (Å²) in [4.78, 5) is 0. The Morgan fingerprint density at radius 1 is 0.425 bits per heavy atom. The number of furan rings is 1. The second-order valence-corrected chi connectivity index (χ2v) is 10.7. The lowest BCUT2D eigenvalue weighted by Crippen LogP contribution is -2.00. The van der Waals surface area contributed by atoms with E-state index in [4.69, 9.17) is 4.42 Å². The van der Waals surface area contributed by atoms with Crippen LogP contribution in [0.25, 0.3) is 76.9 Å². The lowest BCUT2D eigenvalue weighted by atomic mass is 10.1. The standard InChI is InChI=1S/C37H24N2O/c1-23-20-24(38-32-14-6-2-10-25(32)26-11-3-7-15-33(26)38)18-19-31(23)39-34-16-8-4-12-27(34)29-22-37-30(21-35(29)39)28-13-5-9-17-36(28)40-37/h2-22H,1H3. The third-order valence-corrected chi connectivity index (χ3v) is 8.43. The van der Waals surface area contributed by atoms with Gasteiger partial charge in [0, 0.05) is 43.7 Å². The van der Waals surface area contributed by atoms with Gasteiger partial charge in [-0.3, -0.25) is 0 Å². The fourth-order valence-corrected chi connectivity index (χ4v) is 6.68. The molecule has 3 aromatic heterocycles. The van der Waals surface area contributed by atoms with Crippen LogP contribution in [0.1, 0.15) is 5.56 Å². The van der Waals surface area contributed by atoms with Crippen molar-refractivity contribution >= 4 is 65.6 Å². The van der Waals surface area contributed by atoms with Crippen LogP contribution in [-0.2, 0) is 0 Å². The van der Waals surface area contributed by atoms with Gasteiger partial charge in [0.05, 0.1) is 22.1 Å². The minimum atomic E-state index is 0.924. The van der Waals surface area contributed by atoms with Gasteiger partial charge < -0.3 is 13.6 Å². The third kappa shape index (κ3) is 2.84. The first-order chi connectivity index (χ1) is 19.8. The van der Waals surface area contributed by atoms with Crippen molar-refractivity contribution in [3.8, 4) is 11.4 Å². The van der Waals surface area contributed by atoms with Crippen molar-refractivity contribution in [3.63, 3.8) is 0 Å². The Balaban J connectivity index is 1.33. The summed E-state index contributed by atoms with van der Waals surface area (Å²) in [6.07, 6.45) is 0. The molecule has 3 nitrogen and oxygen atoms in total. The molecule has 0 aliphatic carbocycles. The molecule has 0 saturated heterocycles. The van der Waals surface area contributed by atoms with Crippen LogP contribution in [0.4, 0.5) is 0 Å². The molecule has 0 bridgehead atoms. The number of benzene rings is 6. The smallest absolute Gasteiger partial charge is 0.136 e. The Kier molecular flexibility index (Phi) is 4.26. The fourth-order valence-electron chi connectivity index (χ4n) is 6.68. The molecule has 0 atom stereocenters. The van der Waals surface area contributed by atoms with E-state index in [2.05, 4.69) is 131 Å². The number of para-hydroxylation sites is 4. The van der Waals surface area contributed by atoms with Crippen LogP contribution in [0.15, 0.2) is 132 Å². The molecule has 3 heteroatoms. The number of nitrogens with zero attached hydrogens (tertiary/aromatic N) is 2. The fraction of sp³-hybridized carbons (Fsp3) is 0.0270. The minimum absolute atomic E-state index is 0.924. The summed E-state index contributed by atoms with van der Waals surface area (Å²) < 4.78 is 11.1. The number of aryl methyl sites for hydroxylation is 1. The molecule has 9 rings (SSSR count). The lowest BCUT2D eigenvalue weighted by molar-refractivity contribution is 0.669. The molecule has 0 radical (unpaired) electrons. The predicted molar refractivity (Wildman–Crippen MR) is 167 cm³/mol. The van der Waals surface area contributed by atoms with Crippen LogP contribution in [0.2, 0.25) is 0 Å². The van der Waals surface area contributed by atoms with Crippen molar-refractivity contribution in [1.29, 1.82) is 0 Å². The van der Waals surface area contributed by atoms with Gasteiger partial charge in [0.25, 0.3) is 0 Å². The van der Waals surface area contributed by atoms with Gasteiger partial charge in [0.1, 0.15) is 11.2 Å². The molecule has 0 aliphatic rings. The topological polar surface area (TPSA) is 23.0 Å². The van der Waals surface area contributed by atoms with E-state index in [0.29, 0.717) is 0 Å². The zero-order chi connectivity index (χ0) is 26.4. The van der Waals surface area contributed by atoms with Crippen LogP contribution >= 0.6 is 0 Å². The maximum absolute atomic E-state index is 6.26. The highest BCUT2D eigenvalue weighted by Crippen LogP contribution is 2.39. The van der Waals surface area contributed by atoms with E-state index in [-0.39, 0.29) is 0 Å². The number of aromatic nitrogens is 2. The first-order valence-corrected chi connectivity index (χ1v) is 13.7. The zero-order valence-corrected chi connectivity index (χ0v) is 21.9.